The fourth-order valence-electron chi connectivity index (χ4n) is 2.11. The SMILES string of the molecule is CNC(=O)C1CNCCN1C(=O)c1ccc(Br)cc1. The Bertz CT molecular complexity index is 475. The predicted molar refractivity (Wildman–Crippen MR) is 75.9 cm³/mol. The normalized spacial score (nSPS) is 19.1. The van der Waals surface area contributed by atoms with Crippen LogP contribution in [0.1, 0.15) is 10.4 Å². The van der Waals surface area contributed by atoms with Crippen molar-refractivity contribution in [3.05, 3.63) is 34.3 Å². The van der Waals surface area contributed by atoms with Crippen molar-refractivity contribution < 1.29 is 9.59 Å². The van der Waals surface area contributed by atoms with Crippen molar-refractivity contribution in [1.82, 2.24) is 15.5 Å². The number of hydrogen-bond donors (Lipinski definition) is 2. The highest BCUT2D eigenvalue weighted by Crippen LogP contribution is 2.14. The Morgan fingerprint density at radius 3 is 2.68 bits per heavy atom. The molecule has 1 heterocycles. The van der Waals surface area contributed by atoms with E-state index in [1.165, 1.54) is 0 Å². The molecule has 1 unspecified atom stereocenters. The number of carbonyl (C=O) groups excluding carboxylic acids is 2. The lowest BCUT2D eigenvalue weighted by Crippen LogP contribution is -2.59. The number of nitrogens with zero attached hydrogens (tertiary/aromatic N) is 1. The minimum atomic E-state index is -0.449. The van der Waals surface area contributed by atoms with Gasteiger partial charge in [0.25, 0.3) is 5.91 Å². The Morgan fingerprint density at radius 2 is 2.05 bits per heavy atom. The molecule has 102 valence electrons. The maximum absolute atomic E-state index is 12.4. The zero-order valence-electron chi connectivity index (χ0n) is 10.6. The van der Waals surface area contributed by atoms with E-state index in [0.29, 0.717) is 25.2 Å². The first-order chi connectivity index (χ1) is 9.13. The van der Waals surface area contributed by atoms with Crippen LogP contribution < -0.4 is 10.6 Å². The summed E-state index contributed by atoms with van der Waals surface area (Å²) in [5.74, 6) is -0.250. The van der Waals surface area contributed by atoms with E-state index in [2.05, 4.69) is 26.6 Å². The van der Waals surface area contributed by atoms with E-state index in [4.69, 9.17) is 0 Å². The van der Waals surface area contributed by atoms with Crippen LogP contribution in [-0.2, 0) is 4.79 Å². The summed E-state index contributed by atoms with van der Waals surface area (Å²) in [5.41, 5.74) is 0.596. The van der Waals surface area contributed by atoms with Crippen molar-refractivity contribution in [2.24, 2.45) is 0 Å². The molecule has 0 aliphatic carbocycles. The maximum atomic E-state index is 12.4. The monoisotopic (exact) mass is 325 g/mol. The van der Waals surface area contributed by atoms with Gasteiger partial charge in [0, 0.05) is 36.7 Å². The Labute approximate surface area is 120 Å². The molecule has 1 aliphatic heterocycles. The molecule has 0 spiro atoms. The van der Waals surface area contributed by atoms with E-state index in [-0.39, 0.29) is 11.8 Å². The minimum absolute atomic E-state index is 0.109. The average Bonchev–Trinajstić information content (AvgIpc) is 2.46. The molecule has 0 aromatic heterocycles. The lowest BCUT2D eigenvalue weighted by Gasteiger charge is -2.35. The molecule has 2 N–H and O–H groups in total. The van der Waals surface area contributed by atoms with Gasteiger partial charge in [-0.1, -0.05) is 15.9 Å². The van der Waals surface area contributed by atoms with E-state index < -0.39 is 6.04 Å². The van der Waals surface area contributed by atoms with Crippen LogP contribution in [-0.4, -0.2) is 49.4 Å². The molecule has 0 radical (unpaired) electrons. The molecule has 1 atom stereocenters. The summed E-state index contributed by atoms with van der Waals surface area (Å²) in [6.45, 7) is 1.73. The summed E-state index contributed by atoms with van der Waals surface area (Å²) < 4.78 is 0.923. The lowest BCUT2D eigenvalue weighted by atomic mass is 10.1. The molecule has 5 nitrogen and oxygen atoms in total. The number of benzene rings is 1. The lowest BCUT2D eigenvalue weighted by molar-refractivity contribution is -0.125. The molecule has 6 heteroatoms. The second-order valence-corrected chi connectivity index (χ2v) is 5.26. The number of piperazine rings is 1. The van der Waals surface area contributed by atoms with E-state index in [9.17, 15) is 9.59 Å². The number of amides is 2. The zero-order chi connectivity index (χ0) is 13.8. The summed E-state index contributed by atoms with van der Waals surface area (Å²) in [4.78, 5) is 25.9. The van der Waals surface area contributed by atoms with E-state index in [0.717, 1.165) is 4.47 Å². The third-order valence-corrected chi connectivity index (χ3v) is 3.67. The first-order valence-electron chi connectivity index (χ1n) is 6.12. The molecule has 2 rings (SSSR count). The molecule has 19 heavy (non-hydrogen) atoms. The molecule has 0 bridgehead atoms. The molecular weight excluding hydrogens is 310 g/mol. The van der Waals surface area contributed by atoms with Crippen LogP contribution in [0.5, 0.6) is 0 Å². The van der Waals surface area contributed by atoms with Gasteiger partial charge in [0.15, 0.2) is 0 Å². The average molecular weight is 326 g/mol. The first kappa shape index (κ1) is 14.0. The topological polar surface area (TPSA) is 61.4 Å². The van der Waals surface area contributed by atoms with Crippen LogP contribution >= 0.6 is 15.9 Å². The highest BCUT2D eigenvalue weighted by Gasteiger charge is 2.31. The predicted octanol–water partition coefficient (Wildman–Crippen LogP) is 0.609. The minimum Gasteiger partial charge on any atom is -0.357 e. The van der Waals surface area contributed by atoms with Gasteiger partial charge in [-0.2, -0.15) is 0 Å². The van der Waals surface area contributed by atoms with E-state index in [1.54, 1.807) is 24.1 Å². The second kappa shape index (κ2) is 6.16. The fraction of sp³-hybridized carbons (Fsp3) is 0.385. The molecule has 2 amide bonds. The molecule has 1 fully saturated rings. The molecule has 1 aromatic carbocycles. The molecule has 1 saturated heterocycles. The van der Waals surface area contributed by atoms with Gasteiger partial charge in [0.1, 0.15) is 6.04 Å². The molecule has 1 aromatic rings. The van der Waals surface area contributed by atoms with Crippen LogP contribution in [0.25, 0.3) is 0 Å². The van der Waals surface area contributed by atoms with Gasteiger partial charge in [-0.25, -0.2) is 0 Å². The van der Waals surface area contributed by atoms with Crippen LogP contribution in [0.2, 0.25) is 0 Å². The van der Waals surface area contributed by atoms with Gasteiger partial charge >= 0.3 is 0 Å². The number of hydrogen-bond acceptors (Lipinski definition) is 3. The van der Waals surface area contributed by atoms with Crippen molar-refractivity contribution >= 4 is 27.7 Å². The first-order valence-corrected chi connectivity index (χ1v) is 6.91. The number of halogens is 1. The van der Waals surface area contributed by atoms with E-state index in [1.807, 2.05) is 12.1 Å². The Hall–Kier alpha value is -1.40. The molecule has 0 saturated carbocycles. The van der Waals surface area contributed by atoms with Gasteiger partial charge in [-0.3, -0.25) is 9.59 Å². The van der Waals surface area contributed by atoms with Crippen LogP contribution in [0.3, 0.4) is 0 Å². The zero-order valence-corrected chi connectivity index (χ0v) is 12.2. The van der Waals surface area contributed by atoms with Gasteiger partial charge in [0.05, 0.1) is 0 Å². The van der Waals surface area contributed by atoms with Crippen LogP contribution in [0.4, 0.5) is 0 Å². The van der Waals surface area contributed by atoms with Gasteiger partial charge in [0.2, 0.25) is 5.91 Å². The maximum Gasteiger partial charge on any atom is 0.254 e. The summed E-state index contributed by atoms with van der Waals surface area (Å²) in [7, 11) is 1.58. The number of likely N-dealkylation sites (N-methyl/N-ethyl adjacent to an activating group) is 1. The summed E-state index contributed by atoms with van der Waals surface area (Å²) >= 11 is 3.34. The highest BCUT2D eigenvalue weighted by molar-refractivity contribution is 9.10. The largest absolute Gasteiger partial charge is 0.357 e. The fourth-order valence-corrected chi connectivity index (χ4v) is 2.37. The second-order valence-electron chi connectivity index (χ2n) is 4.34. The van der Waals surface area contributed by atoms with Gasteiger partial charge in [-0.15, -0.1) is 0 Å². The molecular formula is C13H16BrN3O2. The number of nitrogens with one attached hydrogen (secondary N) is 2. The standard InChI is InChI=1S/C13H16BrN3O2/c1-15-12(18)11-8-16-6-7-17(11)13(19)9-2-4-10(14)5-3-9/h2-5,11,16H,6-8H2,1H3,(H,15,18). The molecule has 1 aliphatic rings. The smallest absolute Gasteiger partial charge is 0.254 e. The third kappa shape index (κ3) is 3.13. The van der Waals surface area contributed by atoms with Crippen molar-refractivity contribution in [2.45, 2.75) is 6.04 Å². The van der Waals surface area contributed by atoms with Gasteiger partial charge in [-0.05, 0) is 24.3 Å². The van der Waals surface area contributed by atoms with Crippen LogP contribution in [0.15, 0.2) is 28.7 Å². The Balaban J connectivity index is 2.20. The van der Waals surface area contributed by atoms with Gasteiger partial charge < -0.3 is 15.5 Å². The Morgan fingerprint density at radius 1 is 1.37 bits per heavy atom. The van der Waals surface area contributed by atoms with E-state index >= 15 is 0 Å². The van der Waals surface area contributed by atoms with Crippen molar-refractivity contribution in [3.8, 4) is 0 Å². The number of rotatable bonds is 2. The summed E-state index contributed by atoms with van der Waals surface area (Å²) in [6, 6.07) is 6.72. The highest BCUT2D eigenvalue weighted by atomic mass is 79.9. The van der Waals surface area contributed by atoms with Crippen molar-refractivity contribution in [2.75, 3.05) is 26.7 Å². The number of carbonyl (C=O) groups is 2. The summed E-state index contributed by atoms with van der Waals surface area (Å²) in [6.07, 6.45) is 0. The Kier molecular flexibility index (Phi) is 4.55. The summed E-state index contributed by atoms with van der Waals surface area (Å²) in [5, 5.41) is 5.73. The van der Waals surface area contributed by atoms with Crippen molar-refractivity contribution in [3.63, 3.8) is 0 Å². The quantitative estimate of drug-likeness (QED) is 0.837. The van der Waals surface area contributed by atoms with Crippen molar-refractivity contribution in [1.29, 1.82) is 0 Å². The third-order valence-electron chi connectivity index (χ3n) is 3.14. The van der Waals surface area contributed by atoms with Crippen LogP contribution in [0, 0.1) is 0 Å².